The SMILES string of the molecule is CCN1CCCC1CNC(C)c1ccc(OC)cc1O. The van der Waals surface area contributed by atoms with Crippen LogP contribution in [0.2, 0.25) is 0 Å². The van der Waals surface area contributed by atoms with Crippen LogP contribution in [0.15, 0.2) is 18.2 Å². The normalized spacial score (nSPS) is 21.1. The van der Waals surface area contributed by atoms with E-state index in [1.165, 1.54) is 19.4 Å². The van der Waals surface area contributed by atoms with E-state index < -0.39 is 0 Å². The topological polar surface area (TPSA) is 44.7 Å². The Labute approximate surface area is 121 Å². The minimum absolute atomic E-state index is 0.139. The third-order valence-electron chi connectivity index (χ3n) is 4.27. The number of hydrogen-bond donors (Lipinski definition) is 2. The van der Waals surface area contributed by atoms with E-state index in [1.54, 1.807) is 13.2 Å². The van der Waals surface area contributed by atoms with Crippen LogP contribution < -0.4 is 10.1 Å². The molecule has 0 bridgehead atoms. The molecular weight excluding hydrogens is 252 g/mol. The number of nitrogens with zero attached hydrogens (tertiary/aromatic N) is 1. The summed E-state index contributed by atoms with van der Waals surface area (Å²) < 4.78 is 5.11. The number of methoxy groups -OCH3 is 1. The Hall–Kier alpha value is -1.26. The van der Waals surface area contributed by atoms with E-state index >= 15 is 0 Å². The van der Waals surface area contributed by atoms with E-state index in [4.69, 9.17) is 4.74 Å². The molecule has 1 fully saturated rings. The minimum Gasteiger partial charge on any atom is -0.507 e. The number of likely N-dealkylation sites (N-methyl/N-ethyl adjacent to an activating group) is 1. The Morgan fingerprint density at radius 2 is 2.30 bits per heavy atom. The van der Waals surface area contributed by atoms with Gasteiger partial charge in [-0.15, -0.1) is 0 Å². The highest BCUT2D eigenvalue weighted by Crippen LogP contribution is 2.28. The van der Waals surface area contributed by atoms with E-state index in [0.29, 0.717) is 17.5 Å². The number of likely N-dealkylation sites (tertiary alicyclic amines) is 1. The van der Waals surface area contributed by atoms with Crippen molar-refractivity contribution >= 4 is 0 Å². The molecule has 1 aliphatic rings. The number of phenols is 1. The molecule has 2 unspecified atom stereocenters. The number of aromatic hydroxyl groups is 1. The van der Waals surface area contributed by atoms with Crippen LogP contribution in [-0.4, -0.2) is 42.8 Å². The predicted octanol–water partition coefficient (Wildman–Crippen LogP) is 2.54. The molecule has 0 aromatic heterocycles. The van der Waals surface area contributed by atoms with Crippen LogP contribution in [-0.2, 0) is 0 Å². The molecule has 0 aliphatic carbocycles. The average molecular weight is 278 g/mol. The summed E-state index contributed by atoms with van der Waals surface area (Å²) in [6.45, 7) is 7.61. The van der Waals surface area contributed by atoms with Crippen LogP contribution in [0.3, 0.4) is 0 Å². The van der Waals surface area contributed by atoms with Crippen molar-refractivity contribution in [1.29, 1.82) is 0 Å². The molecule has 20 heavy (non-hydrogen) atoms. The number of benzene rings is 1. The quantitative estimate of drug-likeness (QED) is 0.839. The first-order valence-electron chi connectivity index (χ1n) is 7.50. The summed E-state index contributed by atoms with van der Waals surface area (Å²) in [6, 6.07) is 6.25. The second-order valence-electron chi connectivity index (χ2n) is 5.48. The van der Waals surface area contributed by atoms with Crippen LogP contribution in [0.5, 0.6) is 11.5 Å². The summed E-state index contributed by atoms with van der Waals surface area (Å²) in [6.07, 6.45) is 2.56. The summed E-state index contributed by atoms with van der Waals surface area (Å²) in [7, 11) is 1.61. The van der Waals surface area contributed by atoms with Gasteiger partial charge in [0, 0.05) is 30.3 Å². The summed E-state index contributed by atoms with van der Waals surface area (Å²) in [5.74, 6) is 0.981. The van der Waals surface area contributed by atoms with Gasteiger partial charge in [0.2, 0.25) is 0 Å². The van der Waals surface area contributed by atoms with E-state index in [0.717, 1.165) is 18.7 Å². The third-order valence-corrected chi connectivity index (χ3v) is 4.27. The fraction of sp³-hybridized carbons (Fsp3) is 0.625. The first-order chi connectivity index (χ1) is 9.65. The largest absolute Gasteiger partial charge is 0.507 e. The number of nitrogens with one attached hydrogen (secondary N) is 1. The molecule has 0 amide bonds. The van der Waals surface area contributed by atoms with Gasteiger partial charge in [0.25, 0.3) is 0 Å². The molecule has 0 saturated carbocycles. The summed E-state index contributed by atoms with van der Waals surface area (Å²) in [4.78, 5) is 2.52. The standard InChI is InChI=1S/C16H26N2O2/c1-4-18-9-5-6-13(18)11-17-12(2)15-8-7-14(20-3)10-16(15)19/h7-8,10,12-13,17,19H,4-6,9,11H2,1-3H3. The smallest absolute Gasteiger partial charge is 0.124 e. The Morgan fingerprint density at radius 1 is 1.50 bits per heavy atom. The zero-order chi connectivity index (χ0) is 14.5. The van der Waals surface area contributed by atoms with Gasteiger partial charge < -0.3 is 15.2 Å². The van der Waals surface area contributed by atoms with E-state index in [2.05, 4.69) is 24.1 Å². The lowest BCUT2D eigenvalue weighted by Gasteiger charge is -2.25. The van der Waals surface area contributed by atoms with Crippen molar-refractivity contribution < 1.29 is 9.84 Å². The van der Waals surface area contributed by atoms with Gasteiger partial charge in [-0.05, 0) is 38.9 Å². The van der Waals surface area contributed by atoms with Crippen molar-refractivity contribution in [2.45, 2.75) is 38.8 Å². The second kappa shape index (κ2) is 6.95. The molecule has 2 rings (SSSR count). The second-order valence-corrected chi connectivity index (χ2v) is 5.48. The third kappa shape index (κ3) is 3.44. The summed E-state index contributed by atoms with van der Waals surface area (Å²) >= 11 is 0. The molecule has 4 nitrogen and oxygen atoms in total. The van der Waals surface area contributed by atoms with Crippen molar-refractivity contribution in [2.75, 3.05) is 26.7 Å². The van der Waals surface area contributed by atoms with Crippen LogP contribution >= 0.6 is 0 Å². The fourth-order valence-electron chi connectivity index (χ4n) is 2.98. The van der Waals surface area contributed by atoms with Gasteiger partial charge in [-0.3, -0.25) is 4.90 Å². The number of rotatable bonds is 6. The molecule has 1 aliphatic heterocycles. The first kappa shape index (κ1) is 15.1. The van der Waals surface area contributed by atoms with E-state index in [9.17, 15) is 5.11 Å². The van der Waals surface area contributed by atoms with Crippen LogP contribution in [0, 0.1) is 0 Å². The lowest BCUT2D eigenvalue weighted by molar-refractivity contribution is 0.255. The maximum atomic E-state index is 10.1. The van der Waals surface area contributed by atoms with E-state index in [-0.39, 0.29) is 6.04 Å². The predicted molar refractivity (Wildman–Crippen MR) is 81.3 cm³/mol. The molecule has 1 saturated heterocycles. The summed E-state index contributed by atoms with van der Waals surface area (Å²) in [5.41, 5.74) is 0.923. The molecule has 0 radical (unpaired) electrons. The van der Waals surface area contributed by atoms with Gasteiger partial charge in [0.05, 0.1) is 7.11 Å². The zero-order valence-corrected chi connectivity index (χ0v) is 12.7. The Bertz CT molecular complexity index is 436. The highest BCUT2D eigenvalue weighted by molar-refractivity contribution is 5.41. The highest BCUT2D eigenvalue weighted by Gasteiger charge is 2.23. The lowest BCUT2D eigenvalue weighted by atomic mass is 10.1. The molecule has 0 spiro atoms. The molecule has 4 heteroatoms. The number of hydrogen-bond acceptors (Lipinski definition) is 4. The first-order valence-corrected chi connectivity index (χ1v) is 7.50. The van der Waals surface area contributed by atoms with Gasteiger partial charge in [0.15, 0.2) is 0 Å². The molecule has 1 heterocycles. The molecule has 1 aromatic carbocycles. The highest BCUT2D eigenvalue weighted by atomic mass is 16.5. The van der Waals surface area contributed by atoms with Crippen molar-refractivity contribution in [1.82, 2.24) is 10.2 Å². The van der Waals surface area contributed by atoms with Crippen molar-refractivity contribution in [2.24, 2.45) is 0 Å². The van der Waals surface area contributed by atoms with E-state index in [1.807, 2.05) is 12.1 Å². The molecular formula is C16H26N2O2. The Morgan fingerprint density at radius 3 is 2.95 bits per heavy atom. The van der Waals surface area contributed by atoms with Crippen molar-refractivity contribution in [3.05, 3.63) is 23.8 Å². The van der Waals surface area contributed by atoms with Gasteiger partial charge in [-0.25, -0.2) is 0 Å². The van der Waals surface area contributed by atoms with Gasteiger partial charge in [-0.2, -0.15) is 0 Å². The minimum atomic E-state index is 0.139. The monoisotopic (exact) mass is 278 g/mol. The van der Waals surface area contributed by atoms with Crippen LogP contribution in [0.25, 0.3) is 0 Å². The zero-order valence-electron chi connectivity index (χ0n) is 12.7. The van der Waals surface area contributed by atoms with Crippen LogP contribution in [0.4, 0.5) is 0 Å². The maximum absolute atomic E-state index is 10.1. The number of phenolic OH excluding ortho intramolecular Hbond substituents is 1. The Kier molecular flexibility index (Phi) is 5.26. The number of ether oxygens (including phenoxy) is 1. The van der Waals surface area contributed by atoms with Gasteiger partial charge >= 0.3 is 0 Å². The van der Waals surface area contributed by atoms with Gasteiger partial charge in [0.1, 0.15) is 11.5 Å². The van der Waals surface area contributed by atoms with Crippen molar-refractivity contribution in [3.8, 4) is 11.5 Å². The summed E-state index contributed by atoms with van der Waals surface area (Å²) in [5, 5.41) is 13.6. The molecule has 2 atom stereocenters. The van der Waals surface area contributed by atoms with Crippen LogP contribution in [0.1, 0.15) is 38.3 Å². The lowest BCUT2D eigenvalue weighted by Crippen LogP contribution is -2.38. The Balaban J connectivity index is 1.93. The maximum Gasteiger partial charge on any atom is 0.124 e. The van der Waals surface area contributed by atoms with Crippen molar-refractivity contribution in [3.63, 3.8) is 0 Å². The fourth-order valence-corrected chi connectivity index (χ4v) is 2.98. The average Bonchev–Trinajstić information content (AvgIpc) is 2.92. The van der Waals surface area contributed by atoms with Gasteiger partial charge in [-0.1, -0.05) is 13.0 Å². The molecule has 1 aromatic rings. The molecule has 2 N–H and O–H groups in total. The molecule has 112 valence electrons.